The van der Waals surface area contributed by atoms with E-state index in [4.69, 9.17) is 4.74 Å². The van der Waals surface area contributed by atoms with Crippen molar-refractivity contribution >= 4 is 5.97 Å². The molecule has 1 rings (SSSR count). The zero-order chi connectivity index (χ0) is 15.5. The Bertz CT molecular complexity index is 276. The summed E-state index contributed by atoms with van der Waals surface area (Å²) in [6.07, 6.45) is 6.46. The Hall–Kier alpha value is -0.610. The number of unbranched alkanes of at least 4 members (excludes halogenated alkanes) is 2. The molecule has 1 fully saturated rings. The van der Waals surface area contributed by atoms with Gasteiger partial charge < -0.3 is 15.0 Å². The number of nitrogens with one attached hydrogen (secondary N) is 1. The lowest BCUT2D eigenvalue weighted by atomic mass is 10.1. The summed E-state index contributed by atoms with van der Waals surface area (Å²) in [5, 5.41) is 3.59. The van der Waals surface area contributed by atoms with Gasteiger partial charge in [-0.05, 0) is 51.6 Å². The fourth-order valence-corrected chi connectivity index (χ4v) is 3.01. The van der Waals surface area contributed by atoms with Gasteiger partial charge in [-0.1, -0.05) is 20.3 Å². The molecular weight excluding hydrogens is 264 g/mol. The van der Waals surface area contributed by atoms with E-state index in [1.165, 1.54) is 38.9 Å². The Kier molecular flexibility index (Phi) is 9.68. The SMILES string of the molecule is CCOC(=O)CCCCCN(CC(C)C)CC1CCCN1. The van der Waals surface area contributed by atoms with Crippen molar-refractivity contribution in [1.82, 2.24) is 10.2 Å². The number of ether oxygens (including phenoxy) is 1. The summed E-state index contributed by atoms with van der Waals surface area (Å²) in [6, 6.07) is 0.684. The maximum atomic E-state index is 11.3. The van der Waals surface area contributed by atoms with E-state index in [2.05, 4.69) is 24.1 Å². The topological polar surface area (TPSA) is 41.6 Å². The molecule has 1 aliphatic rings. The van der Waals surface area contributed by atoms with E-state index in [0.29, 0.717) is 25.0 Å². The minimum atomic E-state index is -0.0494. The van der Waals surface area contributed by atoms with Gasteiger partial charge in [0.15, 0.2) is 0 Å². The van der Waals surface area contributed by atoms with Crippen molar-refractivity contribution in [3.63, 3.8) is 0 Å². The lowest BCUT2D eigenvalue weighted by Crippen LogP contribution is -2.39. The molecule has 4 heteroatoms. The Balaban J connectivity index is 2.15. The first-order valence-corrected chi connectivity index (χ1v) is 8.73. The molecule has 1 unspecified atom stereocenters. The van der Waals surface area contributed by atoms with E-state index in [1.807, 2.05) is 6.92 Å². The van der Waals surface area contributed by atoms with Gasteiger partial charge in [0, 0.05) is 25.6 Å². The fraction of sp³-hybridized carbons (Fsp3) is 0.941. The second-order valence-electron chi connectivity index (χ2n) is 6.56. The number of nitrogens with zero attached hydrogens (tertiary/aromatic N) is 1. The van der Waals surface area contributed by atoms with Gasteiger partial charge in [-0.2, -0.15) is 0 Å². The molecule has 0 radical (unpaired) electrons. The fourth-order valence-electron chi connectivity index (χ4n) is 3.01. The molecular formula is C17H34N2O2. The van der Waals surface area contributed by atoms with Crippen LogP contribution in [0.5, 0.6) is 0 Å². The zero-order valence-electron chi connectivity index (χ0n) is 14.2. The average Bonchev–Trinajstić information content (AvgIpc) is 2.90. The van der Waals surface area contributed by atoms with Crippen LogP contribution in [-0.4, -0.2) is 49.7 Å². The number of carbonyl (C=O) groups excluding carboxylic acids is 1. The van der Waals surface area contributed by atoms with Crippen molar-refractivity contribution < 1.29 is 9.53 Å². The molecule has 0 aliphatic carbocycles. The van der Waals surface area contributed by atoms with Crippen LogP contribution in [0.25, 0.3) is 0 Å². The van der Waals surface area contributed by atoms with Crippen LogP contribution in [0.2, 0.25) is 0 Å². The predicted octanol–water partition coefficient (Wildman–Crippen LogP) is 2.82. The number of hydrogen-bond acceptors (Lipinski definition) is 4. The summed E-state index contributed by atoms with van der Waals surface area (Å²) in [4.78, 5) is 13.9. The van der Waals surface area contributed by atoms with E-state index in [-0.39, 0.29) is 5.97 Å². The standard InChI is InChI=1S/C17H34N2O2/c1-4-21-17(20)10-6-5-7-12-19(13-15(2)3)14-16-9-8-11-18-16/h15-16,18H,4-14H2,1-3H3. The van der Waals surface area contributed by atoms with Crippen LogP contribution in [0.3, 0.4) is 0 Å². The van der Waals surface area contributed by atoms with E-state index in [0.717, 1.165) is 19.4 Å². The van der Waals surface area contributed by atoms with E-state index >= 15 is 0 Å². The number of carbonyl (C=O) groups is 1. The van der Waals surface area contributed by atoms with Crippen LogP contribution in [-0.2, 0) is 9.53 Å². The maximum Gasteiger partial charge on any atom is 0.305 e. The van der Waals surface area contributed by atoms with Gasteiger partial charge in [-0.25, -0.2) is 0 Å². The molecule has 1 aliphatic heterocycles. The van der Waals surface area contributed by atoms with Crippen LogP contribution in [0.15, 0.2) is 0 Å². The third-order valence-electron chi connectivity index (χ3n) is 3.92. The molecule has 124 valence electrons. The molecule has 0 aromatic heterocycles. The Morgan fingerprint density at radius 3 is 2.76 bits per heavy atom. The van der Waals surface area contributed by atoms with Gasteiger partial charge >= 0.3 is 5.97 Å². The normalized spacial score (nSPS) is 18.6. The molecule has 0 amide bonds. The van der Waals surface area contributed by atoms with Crippen LogP contribution in [0.1, 0.15) is 59.3 Å². The second kappa shape index (κ2) is 11.0. The number of esters is 1. The van der Waals surface area contributed by atoms with Crippen LogP contribution >= 0.6 is 0 Å². The largest absolute Gasteiger partial charge is 0.466 e. The number of rotatable bonds is 11. The molecule has 0 saturated carbocycles. The molecule has 0 bridgehead atoms. The average molecular weight is 298 g/mol. The third kappa shape index (κ3) is 9.10. The predicted molar refractivity (Wildman–Crippen MR) is 87.4 cm³/mol. The van der Waals surface area contributed by atoms with Gasteiger partial charge in [0.1, 0.15) is 0 Å². The van der Waals surface area contributed by atoms with E-state index < -0.39 is 0 Å². The van der Waals surface area contributed by atoms with Crippen LogP contribution in [0, 0.1) is 5.92 Å². The van der Waals surface area contributed by atoms with Gasteiger partial charge in [-0.15, -0.1) is 0 Å². The lowest BCUT2D eigenvalue weighted by Gasteiger charge is -2.27. The first-order valence-electron chi connectivity index (χ1n) is 8.73. The highest BCUT2D eigenvalue weighted by Gasteiger charge is 2.18. The minimum absolute atomic E-state index is 0.0494. The summed E-state index contributed by atoms with van der Waals surface area (Å²) in [5.74, 6) is 0.664. The highest BCUT2D eigenvalue weighted by Crippen LogP contribution is 2.10. The molecule has 1 heterocycles. The van der Waals surface area contributed by atoms with Gasteiger partial charge in [0.2, 0.25) is 0 Å². The van der Waals surface area contributed by atoms with Crippen LogP contribution in [0.4, 0.5) is 0 Å². The molecule has 1 N–H and O–H groups in total. The van der Waals surface area contributed by atoms with Gasteiger partial charge in [-0.3, -0.25) is 4.79 Å². The minimum Gasteiger partial charge on any atom is -0.466 e. The third-order valence-corrected chi connectivity index (χ3v) is 3.92. The summed E-state index contributed by atoms with van der Waals surface area (Å²) in [5.41, 5.74) is 0. The van der Waals surface area contributed by atoms with Crippen molar-refractivity contribution in [3.8, 4) is 0 Å². The Morgan fingerprint density at radius 1 is 1.33 bits per heavy atom. The first-order chi connectivity index (χ1) is 10.1. The van der Waals surface area contributed by atoms with Crippen molar-refractivity contribution in [1.29, 1.82) is 0 Å². The quantitative estimate of drug-likeness (QED) is 0.470. The summed E-state index contributed by atoms with van der Waals surface area (Å²) in [7, 11) is 0. The molecule has 1 atom stereocenters. The Morgan fingerprint density at radius 2 is 2.14 bits per heavy atom. The van der Waals surface area contributed by atoms with Crippen molar-refractivity contribution in [3.05, 3.63) is 0 Å². The maximum absolute atomic E-state index is 11.3. The van der Waals surface area contributed by atoms with Crippen molar-refractivity contribution in [2.75, 3.05) is 32.8 Å². The molecule has 1 saturated heterocycles. The highest BCUT2D eigenvalue weighted by atomic mass is 16.5. The molecule has 0 aromatic carbocycles. The van der Waals surface area contributed by atoms with E-state index in [9.17, 15) is 4.79 Å². The number of hydrogen-bond donors (Lipinski definition) is 1. The first kappa shape index (κ1) is 18.4. The zero-order valence-corrected chi connectivity index (χ0v) is 14.2. The monoisotopic (exact) mass is 298 g/mol. The Labute approximate surface area is 130 Å². The second-order valence-corrected chi connectivity index (χ2v) is 6.56. The van der Waals surface area contributed by atoms with E-state index in [1.54, 1.807) is 0 Å². The smallest absolute Gasteiger partial charge is 0.305 e. The highest BCUT2D eigenvalue weighted by molar-refractivity contribution is 5.69. The van der Waals surface area contributed by atoms with Gasteiger partial charge in [0.25, 0.3) is 0 Å². The lowest BCUT2D eigenvalue weighted by molar-refractivity contribution is -0.143. The van der Waals surface area contributed by atoms with Crippen molar-refractivity contribution in [2.45, 2.75) is 65.3 Å². The van der Waals surface area contributed by atoms with Gasteiger partial charge in [0.05, 0.1) is 6.61 Å². The summed E-state index contributed by atoms with van der Waals surface area (Å²) < 4.78 is 4.95. The summed E-state index contributed by atoms with van der Waals surface area (Å²) in [6.45, 7) is 11.6. The molecule has 0 aromatic rings. The molecule has 0 spiro atoms. The molecule has 21 heavy (non-hydrogen) atoms. The summed E-state index contributed by atoms with van der Waals surface area (Å²) >= 11 is 0. The van der Waals surface area contributed by atoms with Crippen LogP contribution < -0.4 is 5.32 Å². The molecule has 4 nitrogen and oxygen atoms in total. The van der Waals surface area contributed by atoms with Crippen molar-refractivity contribution in [2.24, 2.45) is 5.92 Å².